The van der Waals surface area contributed by atoms with Crippen molar-refractivity contribution in [3.63, 3.8) is 0 Å². The predicted molar refractivity (Wildman–Crippen MR) is 87.2 cm³/mol. The van der Waals surface area contributed by atoms with Crippen molar-refractivity contribution in [1.82, 2.24) is 0 Å². The lowest BCUT2D eigenvalue weighted by Gasteiger charge is -2.28. The van der Waals surface area contributed by atoms with Crippen molar-refractivity contribution in [2.45, 2.75) is 59.3 Å². The van der Waals surface area contributed by atoms with Gasteiger partial charge < -0.3 is 5.11 Å². The number of Topliss-reactive ketones (excluding diaryl/α,β-unsaturated/α-hetero) is 1. The van der Waals surface area contributed by atoms with Gasteiger partial charge in [-0.1, -0.05) is 31.0 Å². The molecule has 0 aromatic heterocycles. The molecule has 2 rings (SSSR count). The number of carboxylic acid groups (broad SMARTS) is 1. The highest BCUT2D eigenvalue weighted by atomic mass is 16.4. The molecule has 3 unspecified atom stereocenters. The minimum atomic E-state index is -0.757. The first kappa shape index (κ1) is 16.7. The van der Waals surface area contributed by atoms with Crippen LogP contribution in [-0.4, -0.2) is 16.9 Å². The fourth-order valence-electron chi connectivity index (χ4n) is 4.04. The lowest BCUT2D eigenvalue weighted by Crippen LogP contribution is -2.30. The molecule has 1 N–H and O–H groups in total. The van der Waals surface area contributed by atoms with Crippen molar-refractivity contribution in [3.05, 3.63) is 34.4 Å². The molecule has 3 nitrogen and oxygen atoms in total. The molecule has 3 atom stereocenters. The van der Waals surface area contributed by atoms with Crippen LogP contribution in [0, 0.1) is 32.6 Å². The third-order valence-corrected chi connectivity index (χ3v) is 5.02. The second-order valence-electron chi connectivity index (χ2n) is 6.84. The fraction of sp³-hybridized carbons (Fsp3) is 0.579. The average molecular weight is 302 g/mol. The predicted octanol–water partition coefficient (Wildman–Crippen LogP) is 4.18. The molecule has 120 valence electrons. The van der Waals surface area contributed by atoms with Gasteiger partial charge in [-0.15, -0.1) is 0 Å². The zero-order valence-electron chi connectivity index (χ0n) is 14.0. The van der Waals surface area contributed by atoms with Crippen LogP contribution in [0.4, 0.5) is 0 Å². The maximum Gasteiger partial charge on any atom is 0.306 e. The fourth-order valence-corrected chi connectivity index (χ4v) is 4.04. The molecule has 1 fully saturated rings. The Morgan fingerprint density at radius 3 is 2.18 bits per heavy atom. The van der Waals surface area contributed by atoms with E-state index >= 15 is 0 Å². The molecule has 0 bridgehead atoms. The molecule has 1 aliphatic rings. The highest BCUT2D eigenvalue weighted by molar-refractivity contribution is 5.88. The number of hydrogen-bond acceptors (Lipinski definition) is 2. The van der Waals surface area contributed by atoms with Crippen LogP contribution in [0.5, 0.6) is 0 Å². The van der Waals surface area contributed by atoms with Crippen LogP contribution in [0.3, 0.4) is 0 Å². The Balaban J connectivity index is 2.21. The monoisotopic (exact) mass is 302 g/mol. The summed E-state index contributed by atoms with van der Waals surface area (Å²) < 4.78 is 0. The Morgan fingerprint density at radius 1 is 1.09 bits per heavy atom. The van der Waals surface area contributed by atoms with E-state index in [2.05, 4.69) is 32.9 Å². The van der Waals surface area contributed by atoms with Crippen molar-refractivity contribution < 1.29 is 14.7 Å². The van der Waals surface area contributed by atoms with Crippen molar-refractivity contribution in [3.8, 4) is 0 Å². The van der Waals surface area contributed by atoms with Crippen LogP contribution in [0.2, 0.25) is 0 Å². The first-order valence-electron chi connectivity index (χ1n) is 8.15. The summed E-state index contributed by atoms with van der Waals surface area (Å²) in [6.45, 7) is 8.15. The Bertz CT molecular complexity index is 565. The number of aryl methyl sites for hydroxylation is 3. The van der Waals surface area contributed by atoms with Gasteiger partial charge in [0.15, 0.2) is 0 Å². The highest BCUT2D eigenvalue weighted by Gasteiger charge is 2.34. The second-order valence-corrected chi connectivity index (χ2v) is 6.84. The van der Waals surface area contributed by atoms with Crippen molar-refractivity contribution in [2.24, 2.45) is 11.8 Å². The molecule has 3 heteroatoms. The van der Waals surface area contributed by atoms with Crippen molar-refractivity contribution in [1.29, 1.82) is 0 Å². The molecule has 1 aromatic carbocycles. The zero-order chi connectivity index (χ0) is 16.4. The third kappa shape index (κ3) is 3.40. The maximum atomic E-state index is 12.9. The third-order valence-electron chi connectivity index (χ3n) is 5.02. The Hall–Kier alpha value is -1.64. The second kappa shape index (κ2) is 6.64. The minimum absolute atomic E-state index is 0.107. The van der Waals surface area contributed by atoms with E-state index in [-0.39, 0.29) is 23.5 Å². The molecule has 1 aromatic rings. The zero-order valence-corrected chi connectivity index (χ0v) is 14.0. The van der Waals surface area contributed by atoms with Crippen LogP contribution < -0.4 is 0 Å². The van der Waals surface area contributed by atoms with Crippen LogP contribution in [0.1, 0.15) is 60.8 Å². The molecule has 0 heterocycles. The maximum absolute atomic E-state index is 12.9. The number of rotatable bonds is 4. The van der Waals surface area contributed by atoms with E-state index in [9.17, 15) is 14.7 Å². The molecule has 0 amide bonds. The van der Waals surface area contributed by atoms with E-state index in [4.69, 9.17) is 0 Å². The van der Waals surface area contributed by atoms with E-state index < -0.39 is 5.97 Å². The summed E-state index contributed by atoms with van der Waals surface area (Å²) in [5, 5.41) is 9.20. The number of hydrogen-bond donors (Lipinski definition) is 1. The van der Waals surface area contributed by atoms with E-state index in [0.717, 1.165) is 29.5 Å². The van der Waals surface area contributed by atoms with Crippen molar-refractivity contribution >= 4 is 11.8 Å². The van der Waals surface area contributed by atoms with E-state index in [1.54, 1.807) is 0 Å². The lowest BCUT2D eigenvalue weighted by molar-refractivity contribution is -0.144. The van der Waals surface area contributed by atoms with Gasteiger partial charge >= 0.3 is 5.97 Å². The van der Waals surface area contributed by atoms with Gasteiger partial charge in [0, 0.05) is 11.8 Å². The molecule has 0 spiro atoms. The summed E-state index contributed by atoms with van der Waals surface area (Å²) in [6.07, 6.45) is 2.88. The number of benzene rings is 1. The van der Waals surface area contributed by atoms with Gasteiger partial charge in [0.1, 0.15) is 5.78 Å². The number of carbonyl (C=O) groups is 2. The molecule has 0 saturated heterocycles. The van der Waals surface area contributed by atoms with Crippen molar-refractivity contribution in [2.75, 3.05) is 0 Å². The van der Waals surface area contributed by atoms with Crippen LogP contribution in [0.25, 0.3) is 0 Å². The Labute approximate surface area is 132 Å². The van der Waals surface area contributed by atoms with Crippen LogP contribution >= 0.6 is 0 Å². The normalized spacial score (nSPS) is 23.1. The SMILES string of the molecule is Cc1cc(C)c(C(C)C(=O)C2CCCC(C(=O)O)C2)c(C)c1. The van der Waals surface area contributed by atoms with Gasteiger partial charge in [0.2, 0.25) is 0 Å². The summed E-state index contributed by atoms with van der Waals surface area (Å²) in [4.78, 5) is 24.1. The number of ketones is 1. The Kier molecular flexibility index (Phi) is 5.05. The first-order chi connectivity index (χ1) is 10.3. The first-order valence-corrected chi connectivity index (χ1v) is 8.15. The minimum Gasteiger partial charge on any atom is -0.481 e. The largest absolute Gasteiger partial charge is 0.481 e. The van der Waals surface area contributed by atoms with Gasteiger partial charge in [-0.2, -0.15) is 0 Å². The topological polar surface area (TPSA) is 54.4 Å². The van der Waals surface area contributed by atoms with E-state index in [0.29, 0.717) is 12.8 Å². The molecule has 1 aliphatic carbocycles. The van der Waals surface area contributed by atoms with Gasteiger partial charge in [-0.3, -0.25) is 9.59 Å². The molecular weight excluding hydrogens is 276 g/mol. The average Bonchev–Trinajstić information content (AvgIpc) is 2.45. The number of aliphatic carboxylic acids is 1. The van der Waals surface area contributed by atoms with E-state index in [1.807, 2.05) is 6.92 Å². The number of carboxylic acids is 1. The quantitative estimate of drug-likeness (QED) is 0.908. The smallest absolute Gasteiger partial charge is 0.306 e. The molecule has 1 saturated carbocycles. The summed E-state index contributed by atoms with van der Waals surface area (Å²) in [7, 11) is 0. The standard InChI is InChI=1S/C19H26O3/c1-11-8-12(2)17(13(3)9-11)14(4)18(20)15-6-5-7-16(10-15)19(21)22/h8-9,14-16H,5-7,10H2,1-4H3,(H,21,22). The lowest BCUT2D eigenvalue weighted by atomic mass is 9.74. The van der Waals surface area contributed by atoms with Gasteiger partial charge in [0.05, 0.1) is 5.92 Å². The Morgan fingerprint density at radius 2 is 1.64 bits per heavy atom. The molecule has 22 heavy (non-hydrogen) atoms. The molecule has 0 radical (unpaired) electrons. The van der Waals surface area contributed by atoms with Gasteiger partial charge in [-0.05, 0) is 56.7 Å². The highest BCUT2D eigenvalue weighted by Crippen LogP contribution is 2.35. The van der Waals surface area contributed by atoms with Gasteiger partial charge in [-0.25, -0.2) is 0 Å². The van der Waals surface area contributed by atoms with E-state index in [1.165, 1.54) is 5.56 Å². The summed E-state index contributed by atoms with van der Waals surface area (Å²) in [5.74, 6) is -1.16. The summed E-state index contributed by atoms with van der Waals surface area (Å²) in [5.41, 5.74) is 4.64. The van der Waals surface area contributed by atoms with Gasteiger partial charge in [0.25, 0.3) is 0 Å². The van der Waals surface area contributed by atoms with Crippen LogP contribution in [0.15, 0.2) is 12.1 Å². The molecule has 0 aliphatic heterocycles. The number of carbonyl (C=O) groups excluding carboxylic acids is 1. The molecular formula is C19H26O3. The summed E-state index contributed by atoms with van der Waals surface area (Å²) in [6, 6.07) is 4.24. The summed E-state index contributed by atoms with van der Waals surface area (Å²) >= 11 is 0. The van der Waals surface area contributed by atoms with Crippen LogP contribution in [-0.2, 0) is 9.59 Å².